The van der Waals surface area contributed by atoms with Crippen molar-refractivity contribution in [1.29, 1.82) is 0 Å². The van der Waals surface area contributed by atoms with Crippen LogP contribution in [-0.4, -0.2) is 89.0 Å². The Morgan fingerprint density at radius 3 is 2.32 bits per heavy atom. The highest BCUT2D eigenvalue weighted by atomic mass is 32.2. The first kappa shape index (κ1) is 34.2. The number of aliphatic imine (C=N–C) groups is 1. The molecule has 1 saturated carbocycles. The Bertz CT molecular complexity index is 1250. The van der Waals surface area contributed by atoms with Gasteiger partial charge in [0.2, 0.25) is 21.8 Å². The number of benzene rings is 1. The molecule has 0 aliphatic heterocycles. The summed E-state index contributed by atoms with van der Waals surface area (Å²) in [5, 5.41) is 2.61. The average molecular weight is 615 g/mol. The van der Waals surface area contributed by atoms with Crippen molar-refractivity contribution in [2.75, 3.05) is 25.1 Å². The molecule has 0 radical (unpaired) electrons. The number of aldehydes is 1. The molecule has 0 saturated heterocycles. The van der Waals surface area contributed by atoms with Crippen molar-refractivity contribution in [3.63, 3.8) is 0 Å². The van der Waals surface area contributed by atoms with Gasteiger partial charge in [0.25, 0.3) is 0 Å². The first-order valence-electron chi connectivity index (χ1n) is 13.6. The number of nitrogens with one attached hydrogen (secondary N) is 2. The van der Waals surface area contributed by atoms with Crippen LogP contribution in [0.3, 0.4) is 0 Å². The monoisotopic (exact) mass is 614 g/mol. The van der Waals surface area contributed by atoms with Crippen LogP contribution < -0.4 is 21.5 Å². The fraction of sp³-hybridized carbons (Fsp3) is 0.615. The maximum Gasteiger partial charge on any atom is 0.241 e. The highest BCUT2D eigenvalue weighted by Gasteiger charge is 2.35. The smallest absolute Gasteiger partial charge is 0.241 e. The van der Waals surface area contributed by atoms with Crippen molar-refractivity contribution in [2.45, 2.75) is 75.2 Å². The summed E-state index contributed by atoms with van der Waals surface area (Å²) in [6.07, 6.45) is 5.86. The molecular weight excluding hydrogens is 572 g/mol. The first-order chi connectivity index (χ1) is 19.3. The van der Waals surface area contributed by atoms with Crippen molar-refractivity contribution in [3.05, 3.63) is 35.9 Å². The Labute approximate surface area is 242 Å². The van der Waals surface area contributed by atoms with Gasteiger partial charge in [-0.25, -0.2) is 21.6 Å². The zero-order chi connectivity index (χ0) is 30.5. The van der Waals surface area contributed by atoms with Gasteiger partial charge in [0, 0.05) is 18.8 Å². The van der Waals surface area contributed by atoms with Gasteiger partial charge in [-0.2, -0.15) is 0 Å². The molecule has 2 amide bonds. The molecule has 15 heteroatoms. The van der Waals surface area contributed by atoms with E-state index < -0.39 is 61.8 Å². The van der Waals surface area contributed by atoms with Crippen molar-refractivity contribution in [3.8, 4) is 0 Å². The van der Waals surface area contributed by atoms with Crippen molar-refractivity contribution >= 4 is 43.9 Å². The highest BCUT2D eigenvalue weighted by molar-refractivity contribution is 7.90. The maximum atomic E-state index is 13.9. The molecule has 2 atom stereocenters. The molecule has 0 bridgehead atoms. The lowest BCUT2D eigenvalue weighted by Gasteiger charge is -2.36. The predicted molar refractivity (Wildman–Crippen MR) is 157 cm³/mol. The maximum absolute atomic E-state index is 13.9. The summed E-state index contributed by atoms with van der Waals surface area (Å²) >= 11 is 0. The minimum absolute atomic E-state index is 0.0804. The molecule has 1 aliphatic rings. The molecule has 13 nitrogen and oxygen atoms in total. The van der Waals surface area contributed by atoms with Crippen molar-refractivity contribution < 1.29 is 31.2 Å². The second-order valence-electron chi connectivity index (χ2n) is 10.4. The lowest BCUT2D eigenvalue weighted by atomic mass is 9.93. The Morgan fingerprint density at radius 2 is 1.73 bits per heavy atom. The number of nitrogens with zero attached hydrogens (tertiary/aromatic N) is 2. The molecular formula is C26H42N6O7S2. The third-order valence-corrected chi connectivity index (χ3v) is 9.02. The molecule has 41 heavy (non-hydrogen) atoms. The van der Waals surface area contributed by atoms with Crippen LogP contribution >= 0.6 is 0 Å². The zero-order valence-electron chi connectivity index (χ0n) is 23.4. The standard InChI is InChI=1S/C26H42N6O7S2/c1-40(36,37)16-14-23(31-41(38,39)19-20-9-4-2-5-10-20)25(35)32(22-12-6-3-7-13-22)17-24(34)30-21(18-33)11-8-15-29-26(27)28/h2,4-5,9-10,18,21-23,31H,3,6-8,11-17,19H2,1H3,(H,30,34)(H4,27,28,29). The summed E-state index contributed by atoms with van der Waals surface area (Å²) in [6, 6.07) is 5.83. The van der Waals surface area contributed by atoms with E-state index in [0.29, 0.717) is 31.1 Å². The van der Waals surface area contributed by atoms with Gasteiger partial charge in [0.1, 0.15) is 22.2 Å². The largest absolute Gasteiger partial charge is 0.370 e. The number of carbonyl (C=O) groups is 3. The second kappa shape index (κ2) is 16.4. The quantitative estimate of drug-likeness (QED) is 0.0791. The van der Waals surface area contributed by atoms with E-state index in [0.717, 1.165) is 25.5 Å². The lowest BCUT2D eigenvalue weighted by molar-refractivity contribution is -0.140. The topological polar surface area (TPSA) is 211 Å². The molecule has 230 valence electrons. The Kier molecular flexibility index (Phi) is 13.7. The fourth-order valence-electron chi connectivity index (χ4n) is 4.70. The van der Waals surface area contributed by atoms with Crippen LogP contribution in [0.2, 0.25) is 0 Å². The van der Waals surface area contributed by atoms with Gasteiger partial charge in [-0.1, -0.05) is 49.6 Å². The van der Waals surface area contributed by atoms with Gasteiger partial charge in [-0.05, 0) is 37.7 Å². The molecule has 6 N–H and O–H groups in total. The third kappa shape index (κ3) is 13.4. The minimum atomic E-state index is -4.05. The Balaban J connectivity index is 2.24. The van der Waals surface area contributed by atoms with Crippen LogP contribution in [0.25, 0.3) is 0 Å². The molecule has 0 spiro atoms. The number of rotatable bonds is 17. The molecule has 0 heterocycles. The van der Waals surface area contributed by atoms with Gasteiger partial charge in [-0.15, -0.1) is 0 Å². The number of guanidine groups is 1. The predicted octanol–water partition coefficient (Wildman–Crippen LogP) is -0.192. The van der Waals surface area contributed by atoms with Gasteiger partial charge < -0.3 is 26.5 Å². The fourth-order valence-corrected chi connectivity index (χ4v) is 6.73. The van der Waals surface area contributed by atoms with E-state index in [4.69, 9.17) is 11.5 Å². The minimum Gasteiger partial charge on any atom is -0.370 e. The van der Waals surface area contributed by atoms with E-state index in [1.807, 2.05) is 0 Å². The average Bonchev–Trinajstić information content (AvgIpc) is 2.91. The van der Waals surface area contributed by atoms with Crippen LogP contribution in [-0.2, 0) is 40.0 Å². The third-order valence-electron chi connectivity index (χ3n) is 6.69. The van der Waals surface area contributed by atoms with Gasteiger partial charge in [-0.3, -0.25) is 14.6 Å². The molecule has 1 fully saturated rings. The van der Waals surface area contributed by atoms with Gasteiger partial charge >= 0.3 is 0 Å². The SMILES string of the molecule is CS(=O)(=O)CCC(NS(=O)(=O)Cc1ccccc1)C(=O)N(CC(=O)NC(C=O)CCCN=C(N)N)C1CCCCC1. The summed E-state index contributed by atoms with van der Waals surface area (Å²) < 4.78 is 52.4. The van der Waals surface area contributed by atoms with E-state index >= 15 is 0 Å². The zero-order valence-corrected chi connectivity index (χ0v) is 25.0. The number of amides is 2. The second-order valence-corrected chi connectivity index (χ2v) is 14.4. The van der Waals surface area contributed by atoms with E-state index in [-0.39, 0.29) is 31.4 Å². The number of hydrogen-bond donors (Lipinski definition) is 4. The Hall–Kier alpha value is -3.04. The van der Waals surface area contributed by atoms with Crippen molar-refractivity contribution in [1.82, 2.24) is 14.9 Å². The molecule has 2 unspecified atom stereocenters. The van der Waals surface area contributed by atoms with Crippen molar-refractivity contribution in [2.24, 2.45) is 16.5 Å². The number of sulfonamides is 1. The molecule has 1 aliphatic carbocycles. The van der Waals surface area contributed by atoms with Crippen LogP contribution in [0.4, 0.5) is 0 Å². The van der Waals surface area contributed by atoms with Gasteiger partial charge in [0.15, 0.2) is 5.96 Å². The summed E-state index contributed by atoms with van der Waals surface area (Å²) in [5.74, 6) is -2.17. The normalized spacial score (nSPS) is 15.8. The van der Waals surface area contributed by atoms with Crippen LogP contribution in [0, 0.1) is 0 Å². The summed E-state index contributed by atoms with van der Waals surface area (Å²) in [4.78, 5) is 43.6. The van der Waals surface area contributed by atoms with Crippen LogP contribution in [0.1, 0.15) is 56.9 Å². The number of hydrogen-bond acceptors (Lipinski definition) is 8. The summed E-state index contributed by atoms with van der Waals surface area (Å²) in [6.45, 7) is -0.127. The number of carbonyl (C=O) groups excluding carboxylic acids is 3. The van der Waals surface area contributed by atoms with Crippen LogP contribution in [0.5, 0.6) is 0 Å². The Morgan fingerprint density at radius 1 is 1.07 bits per heavy atom. The van der Waals surface area contributed by atoms with Gasteiger partial charge in [0.05, 0.1) is 24.1 Å². The van der Waals surface area contributed by atoms with E-state index in [1.165, 1.54) is 4.90 Å². The first-order valence-corrected chi connectivity index (χ1v) is 17.3. The summed E-state index contributed by atoms with van der Waals surface area (Å²) in [7, 11) is -7.57. The van der Waals surface area contributed by atoms with Crippen LogP contribution in [0.15, 0.2) is 35.3 Å². The molecule has 1 aromatic rings. The lowest BCUT2D eigenvalue weighted by Crippen LogP contribution is -2.55. The van der Waals surface area contributed by atoms with E-state index in [1.54, 1.807) is 30.3 Å². The highest BCUT2D eigenvalue weighted by Crippen LogP contribution is 2.24. The molecule has 2 rings (SSSR count). The number of sulfone groups is 1. The molecule has 1 aromatic carbocycles. The van der Waals surface area contributed by atoms with E-state index in [9.17, 15) is 31.2 Å². The summed E-state index contributed by atoms with van der Waals surface area (Å²) in [5.41, 5.74) is 11.1. The number of nitrogens with two attached hydrogens (primary N) is 2. The molecule has 0 aromatic heterocycles. The van der Waals surface area contributed by atoms with E-state index in [2.05, 4.69) is 15.0 Å².